The van der Waals surface area contributed by atoms with E-state index in [0.717, 1.165) is 25.2 Å². The summed E-state index contributed by atoms with van der Waals surface area (Å²) in [4.78, 5) is 40.7. The molecule has 33 heavy (non-hydrogen) atoms. The molecule has 1 aliphatic rings. The third-order valence-corrected chi connectivity index (χ3v) is 5.63. The molecule has 0 radical (unpaired) electrons. The predicted molar refractivity (Wildman–Crippen MR) is 122 cm³/mol. The molecule has 1 fully saturated rings. The van der Waals surface area contributed by atoms with Crippen LogP contribution in [0.15, 0.2) is 54.6 Å². The molecule has 172 valence electrons. The van der Waals surface area contributed by atoms with Gasteiger partial charge >= 0.3 is 5.97 Å². The van der Waals surface area contributed by atoms with E-state index in [4.69, 9.17) is 4.74 Å². The van der Waals surface area contributed by atoms with E-state index in [-0.39, 0.29) is 37.1 Å². The van der Waals surface area contributed by atoms with Crippen LogP contribution in [0.1, 0.15) is 22.5 Å². The minimum Gasteiger partial charge on any atom is -0.456 e. The van der Waals surface area contributed by atoms with Crippen LogP contribution in [0.25, 0.3) is 10.9 Å². The Morgan fingerprint density at radius 1 is 0.970 bits per heavy atom. The number of H-pyrrole nitrogens is 1. The van der Waals surface area contributed by atoms with Crippen LogP contribution in [-0.4, -0.2) is 77.1 Å². The van der Waals surface area contributed by atoms with Crippen molar-refractivity contribution in [1.82, 2.24) is 25.3 Å². The zero-order valence-corrected chi connectivity index (χ0v) is 18.3. The smallest absolute Gasteiger partial charge is 0.308 e. The van der Waals surface area contributed by atoms with Crippen molar-refractivity contribution in [1.29, 1.82) is 0 Å². The molecule has 2 N–H and O–H groups in total. The number of ether oxygens (including phenoxy) is 1. The topological polar surface area (TPSA) is 108 Å². The van der Waals surface area contributed by atoms with Gasteiger partial charge in [-0.3, -0.25) is 24.4 Å². The van der Waals surface area contributed by atoms with Crippen molar-refractivity contribution in [3.8, 4) is 0 Å². The summed E-state index contributed by atoms with van der Waals surface area (Å²) in [6.45, 7) is 3.46. The zero-order chi connectivity index (χ0) is 23.0. The van der Waals surface area contributed by atoms with Crippen LogP contribution in [0, 0.1) is 0 Å². The van der Waals surface area contributed by atoms with Crippen molar-refractivity contribution in [2.24, 2.45) is 0 Å². The standard InChI is InChI=1S/C24H27N5O4/c30-21(29-14-12-28(13-15-29)16-18-6-2-1-3-7-18)17-33-22(31)10-11-25-24(32)23-19-8-4-5-9-20(19)26-27-23/h1-9H,10-17H2,(H,25,32)(H,26,27). The molecule has 1 saturated heterocycles. The molecule has 0 spiro atoms. The Kier molecular flexibility index (Phi) is 7.31. The highest BCUT2D eigenvalue weighted by Gasteiger charge is 2.22. The van der Waals surface area contributed by atoms with Gasteiger partial charge in [0.15, 0.2) is 12.3 Å². The second-order valence-corrected chi connectivity index (χ2v) is 7.93. The number of nitrogens with one attached hydrogen (secondary N) is 2. The molecule has 9 nitrogen and oxygen atoms in total. The number of amides is 2. The van der Waals surface area contributed by atoms with Gasteiger partial charge in [-0.1, -0.05) is 48.5 Å². The molecule has 2 amide bonds. The van der Waals surface area contributed by atoms with Crippen LogP contribution in [0.3, 0.4) is 0 Å². The Labute approximate surface area is 191 Å². The molecule has 0 bridgehead atoms. The van der Waals surface area contributed by atoms with E-state index in [1.807, 2.05) is 36.4 Å². The Bertz CT molecular complexity index is 1110. The minimum absolute atomic E-state index is 0.0216. The highest BCUT2D eigenvalue weighted by Crippen LogP contribution is 2.14. The maximum Gasteiger partial charge on any atom is 0.308 e. The number of carbonyl (C=O) groups excluding carboxylic acids is 3. The highest BCUT2D eigenvalue weighted by molar-refractivity contribution is 6.04. The maximum atomic E-state index is 12.4. The highest BCUT2D eigenvalue weighted by atomic mass is 16.5. The number of hydrogen-bond acceptors (Lipinski definition) is 6. The largest absolute Gasteiger partial charge is 0.456 e. The molecule has 1 aliphatic heterocycles. The van der Waals surface area contributed by atoms with Gasteiger partial charge in [0.1, 0.15) is 0 Å². The van der Waals surface area contributed by atoms with Gasteiger partial charge in [-0.2, -0.15) is 5.10 Å². The molecule has 2 aromatic carbocycles. The van der Waals surface area contributed by atoms with Gasteiger partial charge in [-0.05, 0) is 11.6 Å². The molecule has 3 aromatic rings. The second kappa shape index (κ2) is 10.7. The SMILES string of the molecule is O=C(CCNC(=O)c1n[nH]c2ccccc12)OCC(=O)N1CCN(Cc2ccccc2)CC1. The second-order valence-electron chi connectivity index (χ2n) is 7.93. The van der Waals surface area contributed by atoms with Crippen LogP contribution in [0.4, 0.5) is 0 Å². The summed E-state index contributed by atoms with van der Waals surface area (Å²) in [6.07, 6.45) is -0.0216. The van der Waals surface area contributed by atoms with Gasteiger partial charge in [0.05, 0.1) is 11.9 Å². The number of esters is 1. The molecule has 0 aliphatic carbocycles. The third-order valence-electron chi connectivity index (χ3n) is 5.63. The predicted octanol–water partition coefficient (Wildman–Crippen LogP) is 1.57. The van der Waals surface area contributed by atoms with Crippen molar-refractivity contribution in [2.45, 2.75) is 13.0 Å². The average Bonchev–Trinajstić information content (AvgIpc) is 3.28. The number of hydrogen-bond donors (Lipinski definition) is 2. The zero-order valence-electron chi connectivity index (χ0n) is 18.3. The minimum atomic E-state index is -0.529. The number of para-hydroxylation sites is 1. The Balaban J connectivity index is 1.13. The number of fused-ring (bicyclic) bond motifs is 1. The Morgan fingerprint density at radius 3 is 2.48 bits per heavy atom. The van der Waals surface area contributed by atoms with E-state index >= 15 is 0 Å². The summed E-state index contributed by atoms with van der Waals surface area (Å²) >= 11 is 0. The fraction of sp³-hybridized carbons (Fsp3) is 0.333. The molecule has 0 atom stereocenters. The molecule has 2 heterocycles. The van der Waals surface area contributed by atoms with Crippen molar-refractivity contribution in [2.75, 3.05) is 39.3 Å². The van der Waals surface area contributed by atoms with Crippen LogP contribution < -0.4 is 5.32 Å². The number of rotatable bonds is 8. The van der Waals surface area contributed by atoms with Crippen molar-refractivity contribution in [3.05, 3.63) is 65.9 Å². The fourth-order valence-corrected chi connectivity index (χ4v) is 3.80. The van der Waals surface area contributed by atoms with Crippen LogP contribution >= 0.6 is 0 Å². The number of piperazine rings is 1. The number of aromatic amines is 1. The monoisotopic (exact) mass is 449 g/mol. The van der Waals surface area contributed by atoms with Gasteiger partial charge in [0.2, 0.25) is 0 Å². The lowest BCUT2D eigenvalue weighted by atomic mass is 10.2. The van der Waals surface area contributed by atoms with Gasteiger partial charge in [-0.15, -0.1) is 0 Å². The lowest BCUT2D eigenvalue weighted by Gasteiger charge is -2.34. The molecular formula is C24H27N5O4. The molecular weight excluding hydrogens is 422 g/mol. The van der Waals surface area contributed by atoms with Gasteiger partial charge in [0, 0.05) is 44.7 Å². The first-order valence-corrected chi connectivity index (χ1v) is 11.0. The first-order chi connectivity index (χ1) is 16.1. The van der Waals surface area contributed by atoms with Crippen LogP contribution in [-0.2, 0) is 20.9 Å². The fourth-order valence-electron chi connectivity index (χ4n) is 3.80. The van der Waals surface area contributed by atoms with Crippen LogP contribution in [0.2, 0.25) is 0 Å². The number of carbonyl (C=O) groups is 3. The Morgan fingerprint density at radius 2 is 1.70 bits per heavy atom. The van der Waals surface area contributed by atoms with E-state index < -0.39 is 5.97 Å². The van der Waals surface area contributed by atoms with Crippen molar-refractivity contribution < 1.29 is 19.1 Å². The van der Waals surface area contributed by atoms with E-state index in [1.54, 1.807) is 11.0 Å². The summed E-state index contributed by atoms with van der Waals surface area (Å²) < 4.78 is 5.11. The molecule has 0 unspecified atom stereocenters. The number of aromatic nitrogens is 2. The van der Waals surface area contributed by atoms with Gasteiger partial charge < -0.3 is 15.0 Å². The van der Waals surface area contributed by atoms with E-state index in [9.17, 15) is 14.4 Å². The number of benzene rings is 2. The average molecular weight is 450 g/mol. The molecule has 9 heteroatoms. The van der Waals surface area contributed by atoms with E-state index in [1.165, 1.54) is 5.56 Å². The number of nitrogens with zero attached hydrogens (tertiary/aromatic N) is 3. The summed E-state index contributed by atoms with van der Waals surface area (Å²) in [7, 11) is 0. The van der Waals surface area contributed by atoms with Gasteiger partial charge in [-0.25, -0.2) is 0 Å². The summed E-state index contributed by atoms with van der Waals surface area (Å²) in [5, 5.41) is 10.2. The van der Waals surface area contributed by atoms with Crippen molar-refractivity contribution >= 4 is 28.7 Å². The maximum absolute atomic E-state index is 12.4. The summed E-state index contributed by atoms with van der Waals surface area (Å²) in [5.74, 6) is -1.10. The van der Waals surface area contributed by atoms with E-state index in [0.29, 0.717) is 18.5 Å². The van der Waals surface area contributed by atoms with E-state index in [2.05, 4.69) is 32.5 Å². The normalized spacial score (nSPS) is 14.2. The van der Waals surface area contributed by atoms with Gasteiger partial charge in [0.25, 0.3) is 11.8 Å². The lowest BCUT2D eigenvalue weighted by Crippen LogP contribution is -2.49. The van der Waals surface area contributed by atoms with Crippen LogP contribution in [0.5, 0.6) is 0 Å². The van der Waals surface area contributed by atoms with Crippen molar-refractivity contribution in [3.63, 3.8) is 0 Å². The Hall–Kier alpha value is -3.72. The molecule has 0 saturated carbocycles. The summed E-state index contributed by atoms with van der Waals surface area (Å²) in [5.41, 5.74) is 2.29. The first kappa shape index (κ1) is 22.5. The molecule has 1 aromatic heterocycles. The lowest BCUT2D eigenvalue weighted by molar-refractivity contribution is -0.152. The first-order valence-electron chi connectivity index (χ1n) is 11.0. The molecule has 4 rings (SSSR count). The summed E-state index contributed by atoms with van der Waals surface area (Å²) in [6, 6.07) is 17.5. The quantitative estimate of drug-likeness (QED) is 0.506. The third kappa shape index (κ3) is 5.95.